The van der Waals surface area contributed by atoms with Gasteiger partial charge in [0.15, 0.2) is 5.78 Å². The summed E-state index contributed by atoms with van der Waals surface area (Å²) in [5.74, 6) is 0.0391. The fourth-order valence-electron chi connectivity index (χ4n) is 2.52. The van der Waals surface area contributed by atoms with Gasteiger partial charge < -0.3 is 10.7 Å². The number of hydrogen-bond donors (Lipinski definition) is 2. The highest BCUT2D eigenvalue weighted by Gasteiger charge is 2.14. The molecule has 0 spiro atoms. The van der Waals surface area contributed by atoms with Crippen molar-refractivity contribution in [2.45, 2.75) is 39.3 Å². The van der Waals surface area contributed by atoms with Crippen LogP contribution in [-0.2, 0) is 6.42 Å². The van der Waals surface area contributed by atoms with E-state index in [0.29, 0.717) is 22.9 Å². The van der Waals surface area contributed by atoms with E-state index in [1.807, 2.05) is 61.5 Å². The van der Waals surface area contributed by atoms with Crippen LogP contribution in [0.3, 0.4) is 0 Å². The second-order valence-corrected chi connectivity index (χ2v) is 6.15. The molecule has 0 aliphatic heterocycles. The number of hydrogen-bond acceptors (Lipinski definition) is 3. The Hall–Kier alpha value is -2.26. The lowest BCUT2D eigenvalue weighted by Crippen LogP contribution is -2.41. The quantitative estimate of drug-likeness (QED) is 0.602. The Morgan fingerprint density at radius 1 is 1.00 bits per heavy atom. The number of nitrogens with one attached hydrogen (secondary N) is 2. The van der Waals surface area contributed by atoms with Crippen LogP contribution in [0.2, 0.25) is 0 Å². The Morgan fingerprint density at radius 3 is 2.09 bits per heavy atom. The Bertz CT molecular complexity index is 660. The van der Waals surface area contributed by atoms with E-state index in [0.717, 1.165) is 12.0 Å². The summed E-state index contributed by atoms with van der Waals surface area (Å²) in [6.45, 7) is 5.99. The first kappa shape index (κ1) is 17.1. The molecule has 3 heteroatoms. The molecule has 0 aliphatic rings. The average molecular weight is 308 g/mol. The fraction of sp³-hybridized carbons (Fsp3) is 0.300. The standard InChI is InChI=1S/C20H24N2O/c1-14(2)22-19(15(3)21)13-16-9-11-18(12-10-16)20(23)17-7-5-4-6-8-17/h4-12,14,19,21-22H,13H2,1-3H3. The van der Waals surface area contributed by atoms with Crippen molar-refractivity contribution in [2.75, 3.05) is 0 Å². The summed E-state index contributed by atoms with van der Waals surface area (Å²) < 4.78 is 0. The van der Waals surface area contributed by atoms with Gasteiger partial charge in [-0.15, -0.1) is 0 Å². The lowest BCUT2D eigenvalue weighted by molar-refractivity contribution is 0.103. The Morgan fingerprint density at radius 2 is 1.57 bits per heavy atom. The topological polar surface area (TPSA) is 53.0 Å². The molecule has 0 heterocycles. The summed E-state index contributed by atoms with van der Waals surface area (Å²) in [6, 6.07) is 17.4. The molecular weight excluding hydrogens is 284 g/mol. The van der Waals surface area contributed by atoms with Crippen molar-refractivity contribution in [1.82, 2.24) is 5.32 Å². The lowest BCUT2D eigenvalue weighted by atomic mass is 9.98. The molecule has 0 bridgehead atoms. The van der Waals surface area contributed by atoms with Gasteiger partial charge in [-0.25, -0.2) is 0 Å². The number of rotatable bonds is 7. The molecule has 0 aliphatic carbocycles. The van der Waals surface area contributed by atoms with Gasteiger partial charge in [-0.1, -0.05) is 68.4 Å². The molecule has 3 nitrogen and oxygen atoms in total. The van der Waals surface area contributed by atoms with Gasteiger partial charge >= 0.3 is 0 Å². The van der Waals surface area contributed by atoms with E-state index < -0.39 is 0 Å². The predicted molar refractivity (Wildman–Crippen MR) is 95.5 cm³/mol. The highest BCUT2D eigenvalue weighted by atomic mass is 16.1. The maximum Gasteiger partial charge on any atom is 0.193 e. The first-order valence-corrected chi connectivity index (χ1v) is 7.97. The molecule has 2 rings (SSSR count). The van der Waals surface area contributed by atoms with E-state index >= 15 is 0 Å². The van der Waals surface area contributed by atoms with Gasteiger partial charge in [0.1, 0.15) is 0 Å². The summed E-state index contributed by atoms with van der Waals surface area (Å²) in [5.41, 5.74) is 3.15. The van der Waals surface area contributed by atoms with Crippen LogP contribution in [0.5, 0.6) is 0 Å². The number of ketones is 1. The first-order chi connectivity index (χ1) is 11.0. The van der Waals surface area contributed by atoms with E-state index in [2.05, 4.69) is 19.2 Å². The maximum atomic E-state index is 12.4. The van der Waals surface area contributed by atoms with Gasteiger partial charge in [0, 0.05) is 28.9 Å². The minimum atomic E-state index is 0.0330. The number of carbonyl (C=O) groups is 1. The molecule has 2 aromatic carbocycles. The molecule has 2 aromatic rings. The zero-order chi connectivity index (χ0) is 16.8. The van der Waals surface area contributed by atoms with Gasteiger partial charge in [-0.2, -0.15) is 0 Å². The average Bonchev–Trinajstić information content (AvgIpc) is 2.54. The predicted octanol–water partition coefficient (Wildman–Crippen LogP) is 3.87. The third-order valence-corrected chi connectivity index (χ3v) is 3.75. The van der Waals surface area contributed by atoms with Gasteiger partial charge in [-0.05, 0) is 18.9 Å². The van der Waals surface area contributed by atoms with Crippen molar-refractivity contribution >= 4 is 11.5 Å². The Balaban J connectivity index is 2.10. The van der Waals surface area contributed by atoms with Crippen molar-refractivity contribution in [2.24, 2.45) is 0 Å². The molecule has 1 unspecified atom stereocenters. The second kappa shape index (κ2) is 7.84. The smallest absolute Gasteiger partial charge is 0.193 e. The van der Waals surface area contributed by atoms with E-state index in [4.69, 9.17) is 5.41 Å². The van der Waals surface area contributed by atoms with Crippen LogP contribution in [0, 0.1) is 5.41 Å². The largest absolute Gasteiger partial charge is 0.308 e. The van der Waals surface area contributed by atoms with E-state index in [1.165, 1.54) is 0 Å². The summed E-state index contributed by atoms with van der Waals surface area (Å²) in [7, 11) is 0. The summed E-state index contributed by atoms with van der Waals surface area (Å²) in [6.07, 6.45) is 0.757. The molecule has 0 radical (unpaired) electrons. The lowest BCUT2D eigenvalue weighted by Gasteiger charge is -2.20. The van der Waals surface area contributed by atoms with Crippen molar-refractivity contribution in [3.63, 3.8) is 0 Å². The SMILES string of the molecule is CC(=N)C(Cc1ccc(C(=O)c2ccccc2)cc1)NC(C)C. The van der Waals surface area contributed by atoms with E-state index in [-0.39, 0.29) is 11.8 Å². The van der Waals surface area contributed by atoms with Crippen LogP contribution in [0.15, 0.2) is 54.6 Å². The van der Waals surface area contributed by atoms with Gasteiger partial charge in [0.2, 0.25) is 0 Å². The van der Waals surface area contributed by atoms with Crippen LogP contribution in [-0.4, -0.2) is 23.6 Å². The molecule has 0 saturated heterocycles. The third kappa shape index (κ3) is 4.86. The van der Waals surface area contributed by atoms with Gasteiger partial charge in [0.25, 0.3) is 0 Å². The van der Waals surface area contributed by atoms with Crippen LogP contribution in [0.1, 0.15) is 42.3 Å². The van der Waals surface area contributed by atoms with Gasteiger partial charge in [0.05, 0.1) is 0 Å². The zero-order valence-corrected chi connectivity index (χ0v) is 14.0. The molecular formula is C20H24N2O. The van der Waals surface area contributed by atoms with Crippen molar-refractivity contribution < 1.29 is 4.79 Å². The Kier molecular flexibility index (Phi) is 5.83. The number of carbonyl (C=O) groups excluding carboxylic acids is 1. The monoisotopic (exact) mass is 308 g/mol. The summed E-state index contributed by atoms with van der Waals surface area (Å²) in [4.78, 5) is 12.4. The maximum absolute atomic E-state index is 12.4. The van der Waals surface area contributed by atoms with Gasteiger partial charge in [-0.3, -0.25) is 4.79 Å². The fourth-order valence-corrected chi connectivity index (χ4v) is 2.52. The van der Waals surface area contributed by atoms with Crippen LogP contribution in [0.25, 0.3) is 0 Å². The van der Waals surface area contributed by atoms with Crippen LogP contribution >= 0.6 is 0 Å². The molecule has 120 valence electrons. The van der Waals surface area contributed by atoms with Crippen molar-refractivity contribution in [3.8, 4) is 0 Å². The third-order valence-electron chi connectivity index (χ3n) is 3.75. The highest BCUT2D eigenvalue weighted by Crippen LogP contribution is 2.12. The normalized spacial score (nSPS) is 12.2. The van der Waals surface area contributed by atoms with Crippen LogP contribution < -0.4 is 5.32 Å². The Labute approximate surface area is 138 Å². The molecule has 0 fully saturated rings. The van der Waals surface area contributed by atoms with E-state index in [1.54, 1.807) is 0 Å². The van der Waals surface area contributed by atoms with E-state index in [9.17, 15) is 4.79 Å². The molecule has 23 heavy (non-hydrogen) atoms. The first-order valence-electron chi connectivity index (χ1n) is 7.97. The number of benzene rings is 2. The molecule has 0 saturated carbocycles. The van der Waals surface area contributed by atoms with Crippen LogP contribution in [0.4, 0.5) is 0 Å². The molecule has 0 aromatic heterocycles. The minimum absolute atomic E-state index is 0.0330. The zero-order valence-electron chi connectivity index (χ0n) is 14.0. The minimum Gasteiger partial charge on any atom is -0.308 e. The van der Waals surface area contributed by atoms with Crippen molar-refractivity contribution in [3.05, 3.63) is 71.3 Å². The summed E-state index contributed by atoms with van der Waals surface area (Å²) in [5, 5.41) is 11.3. The highest BCUT2D eigenvalue weighted by molar-refractivity contribution is 6.08. The molecule has 2 N–H and O–H groups in total. The summed E-state index contributed by atoms with van der Waals surface area (Å²) >= 11 is 0. The second-order valence-electron chi connectivity index (χ2n) is 6.15. The molecule has 1 atom stereocenters. The molecule has 0 amide bonds. The van der Waals surface area contributed by atoms with Crippen molar-refractivity contribution in [1.29, 1.82) is 5.41 Å².